The third-order valence-corrected chi connectivity index (χ3v) is 5.72. The van der Waals surface area contributed by atoms with Crippen LogP contribution >= 0.6 is 0 Å². The van der Waals surface area contributed by atoms with Crippen LogP contribution in [0.2, 0.25) is 19.6 Å². The normalized spacial score (nSPS) is 11.3. The van der Waals surface area contributed by atoms with E-state index in [1.165, 1.54) is 0 Å². The minimum absolute atomic E-state index is 0.00456. The maximum Gasteiger partial charge on any atom is 0.285 e. The van der Waals surface area contributed by atoms with E-state index in [1.54, 1.807) is 24.3 Å². The Hall–Kier alpha value is -3.42. The summed E-state index contributed by atoms with van der Waals surface area (Å²) in [6, 6.07) is 10.4. The lowest BCUT2D eigenvalue weighted by molar-refractivity contribution is -0.385. The molecule has 0 radical (unpaired) electrons. The molecular weight excluding hydrogens is 444 g/mol. The minimum Gasteiger partial charge on any atom is -0.258 e. The van der Waals surface area contributed by atoms with Gasteiger partial charge in [0.2, 0.25) is 0 Å². The Labute approximate surface area is 204 Å². The van der Waals surface area contributed by atoms with Crippen LogP contribution < -0.4 is 0 Å². The summed E-state index contributed by atoms with van der Waals surface area (Å²) in [5.74, 6) is 5.30. The molecule has 7 heteroatoms. The number of hydrogen-bond donors (Lipinski definition) is 0. The van der Waals surface area contributed by atoms with Gasteiger partial charge in [-0.1, -0.05) is 85.2 Å². The van der Waals surface area contributed by atoms with Crippen molar-refractivity contribution in [2.75, 3.05) is 0 Å². The quantitative estimate of drug-likeness (QED) is 0.201. The molecule has 0 aromatic heterocycles. The van der Waals surface area contributed by atoms with E-state index in [2.05, 4.69) is 37.0 Å². The van der Waals surface area contributed by atoms with Crippen LogP contribution in [-0.2, 0) is 10.8 Å². The lowest BCUT2D eigenvalue weighted by Crippen LogP contribution is -2.16. The fourth-order valence-electron chi connectivity index (χ4n) is 2.78. The highest BCUT2D eigenvalue weighted by Crippen LogP contribution is 2.29. The number of rotatable bonds is 2. The van der Waals surface area contributed by atoms with Crippen LogP contribution in [0.3, 0.4) is 0 Å². The van der Waals surface area contributed by atoms with Crippen LogP contribution in [0.25, 0.3) is 0 Å². The first-order valence-corrected chi connectivity index (χ1v) is 14.4. The number of nitro benzene ring substituents is 2. The molecule has 0 aliphatic heterocycles. The number of benzene rings is 2. The summed E-state index contributed by atoms with van der Waals surface area (Å²) in [6.45, 7) is 18.5. The van der Waals surface area contributed by atoms with Crippen molar-refractivity contribution in [1.82, 2.24) is 0 Å². The Bertz CT molecular complexity index is 1180. The van der Waals surface area contributed by atoms with Crippen LogP contribution in [0.5, 0.6) is 0 Å². The average Bonchev–Trinajstić information content (AvgIpc) is 2.70. The molecule has 0 N–H and O–H groups in total. The highest BCUT2D eigenvalue weighted by molar-refractivity contribution is 6.83. The van der Waals surface area contributed by atoms with Crippen molar-refractivity contribution in [3.05, 3.63) is 78.9 Å². The molecule has 34 heavy (non-hydrogen) atoms. The zero-order chi connectivity index (χ0) is 26.5. The van der Waals surface area contributed by atoms with Gasteiger partial charge in [0, 0.05) is 12.1 Å². The van der Waals surface area contributed by atoms with Gasteiger partial charge in [-0.05, 0) is 34.1 Å². The molecule has 0 unspecified atom stereocenters. The zero-order valence-corrected chi connectivity index (χ0v) is 22.6. The van der Waals surface area contributed by atoms with Gasteiger partial charge in [0.1, 0.15) is 19.2 Å². The molecule has 0 amide bonds. The molecule has 0 saturated carbocycles. The van der Waals surface area contributed by atoms with E-state index in [0.717, 1.165) is 11.1 Å². The molecule has 6 nitrogen and oxygen atoms in total. The summed E-state index contributed by atoms with van der Waals surface area (Å²) in [5.41, 5.74) is 5.78. The second-order valence-electron chi connectivity index (χ2n) is 11.1. The summed E-state index contributed by atoms with van der Waals surface area (Å²) in [7, 11) is -1.53. The van der Waals surface area contributed by atoms with E-state index in [-0.39, 0.29) is 27.1 Å². The first-order chi connectivity index (χ1) is 15.4. The first kappa shape index (κ1) is 28.6. The minimum atomic E-state index is -1.53. The van der Waals surface area contributed by atoms with Crippen LogP contribution in [0.15, 0.2) is 36.4 Å². The molecule has 0 aliphatic rings. The van der Waals surface area contributed by atoms with Crippen molar-refractivity contribution in [2.24, 2.45) is 0 Å². The van der Waals surface area contributed by atoms with E-state index in [9.17, 15) is 20.2 Å². The van der Waals surface area contributed by atoms with Gasteiger partial charge in [-0.15, -0.1) is 12.0 Å². The third kappa shape index (κ3) is 8.50. The van der Waals surface area contributed by atoms with Gasteiger partial charge >= 0.3 is 0 Å². The molecular formula is C27H34N2O4Si. The summed E-state index contributed by atoms with van der Waals surface area (Å²) in [5, 5.41) is 21.9. The standard InChI is InChI=1S/C15H21NO2Si.C12H13NO2/c1-15(2,3)13-8-7-12(9-10-19(4,5)6)14(11-13)16(17)18;1-5-9-6-7-10(12(2,3)4)8-11(9)13(14)15/h7-8,11H,1-6H3;1,6-8H,2-4H3. The van der Waals surface area contributed by atoms with Crippen molar-refractivity contribution in [3.8, 4) is 23.8 Å². The summed E-state index contributed by atoms with van der Waals surface area (Å²) in [4.78, 5) is 21.2. The number of nitrogens with zero attached hydrogens (tertiary/aromatic N) is 2. The van der Waals surface area contributed by atoms with Gasteiger partial charge in [-0.3, -0.25) is 20.2 Å². The molecule has 2 aromatic rings. The number of hydrogen-bond acceptors (Lipinski definition) is 4. The van der Waals surface area contributed by atoms with Gasteiger partial charge in [-0.2, -0.15) is 0 Å². The van der Waals surface area contributed by atoms with Gasteiger partial charge in [-0.25, -0.2) is 0 Å². The van der Waals surface area contributed by atoms with Gasteiger partial charge in [0.25, 0.3) is 11.4 Å². The Kier molecular flexibility index (Phi) is 8.98. The molecule has 2 rings (SSSR count). The Morgan fingerprint density at radius 3 is 1.47 bits per heavy atom. The Morgan fingerprint density at radius 2 is 1.15 bits per heavy atom. The fraction of sp³-hybridized carbons (Fsp3) is 0.407. The smallest absolute Gasteiger partial charge is 0.258 e. The maximum atomic E-state index is 11.2. The van der Waals surface area contributed by atoms with Crippen LogP contribution in [0, 0.1) is 44.0 Å². The van der Waals surface area contributed by atoms with Gasteiger partial charge in [0.05, 0.1) is 9.85 Å². The van der Waals surface area contributed by atoms with Crippen molar-refractivity contribution >= 4 is 19.4 Å². The largest absolute Gasteiger partial charge is 0.285 e. The monoisotopic (exact) mass is 478 g/mol. The molecule has 0 heterocycles. The first-order valence-electron chi connectivity index (χ1n) is 10.9. The second-order valence-corrected chi connectivity index (χ2v) is 15.9. The lowest BCUT2D eigenvalue weighted by Gasteiger charge is -2.18. The van der Waals surface area contributed by atoms with Crippen molar-refractivity contribution in [3.63, 3.8) is 0 Å². The average molecular weight is 479 g/mol. The highest BCUT2D eigenvalue weighted by atomic mass is 28.3. The summed E-state index contributed by atoms with van der Waals surface area (Å²) >= 11 is 0. The second kappa shape index (κ2) is 10.7. The van der Waals surface area contributed by atoms with E-state index < -0.39 is 13.0 Å². The molecule has 0 atom stereocenters. The van der Waals surface area contributed by atoms with E-state index >= 15 is 0 Å². The number of terminal acetylenes is 1. The van der Waals surface area contributed by atoms with Gasteiger partial charge in [0.15, 0.2) is 0 Å². The topological polar surface area (TPSA) is 86.3 Å². The zero-order valence-electron chi connectivity index (χ0n) is 21.6. The predicted molar refractivity (Wildman–Crippen MR) is 142 cm³/mol. The van der Waals surface area contributed by atoms with Crippen LogP contribution in [0.4, 0.5) is 11.4 Å². The number of nitro groups is 2. The molecule has 0 saturated heterocycles. The SMILES string of the molecule is C#Cc1ccc(C(C)(C)C)cc1[N+](=O)[O-].CC(C)(C)c1ccc(C#C[Si](C)(C)C)c([N+](=O)[O-])c1. The van der Waals surface area contributed by atoms with Crippen molar-refractivity contribution in [2.45, 2.75) is 72.0 Å². The summed E-state index contributed by atoms with van der Waals surface area (Å²) < 4.78 is 0. The van der Waals surface area contributed by atoms with E-state index in [4.69, 9.17) is 6.42 Å². The molecule has 0 bridgehead atoms. The lowest BCUT2D eigenvalue weighted by atomic mass is 9.86. The maximum absolute atomic E-state index is 11.2. The van der Waals surface area contributed by atoms with Crippen LogP contribution in [0.1, 0.15) is 63.8 Å². The Morgan fingerprint density at radius 1 is 0.765 bits per heavy atom. The third-order valence-electron chi connectivity index (χ3n) is 4.85. The van der Waals surface area contributed by atoms with Crippen molar-refractivity contribution < 1.29 is 9.85 Å². The Balaban J connectivity index is 0.000000350. The molecule has 2 aromatic carbocycles. The van der Waals surface area contributed by atoms with E-state index in [1.807, 2.05) is 53.7 Å². The van der Waals surface area contributed by atoms with Gasteiger partial charge < -0.3 is 0 Å². The molecule has 0 fully saturated rings. The predicted octanol–water partition coefficient (Wildman–Crippen LogP) is 6.99. The van der Waals surface area contributed by atoms with E-state index in [0.29, 0.717) is 11.1 Å². The summed E-state index contributed by atoms with van der Waals surface area (Å²) in [6.07, 6.45) is 5.19. The highest BCUT2D eigenvalue weighted by Gasteiger charge is 2.21. The molecule has 0 spiro atoms. The molecule has 0 aliphatic carbocycles. The van der Waals surface area contributed by atoms with Crippen molar-refractivity contribution in [1.29, 1.82) is 0 Å². The van der Waals surface area contributed by atoms with Crippen LogP contribution in [-0.4, -0.2) is 17.9 Å². The fourth-order valence-corrected chi connectivity index (χ4v) is 3.29. The molecule has 180 valence electrons.